The number of rotatable bonds is 5. The zero-order valence-corrected chi connectivity index (χ0v) is 9.04. The summed E-state index contributed by atoms with van der Waals surface area (Å²) in [6.45, 7) is 4.84. The van der Waals surface area contributed by atoms with Crippen LogP contribution in [0.5, 0.6) is 0 Å². The van der Waals surface area contributed by atoms with E-state index in [0.717, 1.165) is 0 Å². The molecule has 0 aromatic heterocycles. The predicted octanol–water partition coefficient (Wildman–Crippen LogP) is -0.346. The van der Waals surface area contributed by atoms with Crippen molar-refractivity contribution in [2.75, 3.05) is 31.2 Å². The molecule has 1 fully saturated rings. The maximum absolute atomic E-state index is 11.2. The quantitative estimate of drug-likeness (QED) is 0.642. The Morgan fingerprint density at radius 1 is 1.57 bits per heavy atom. The molecule has 0 radical (unpaired) electrons. The molecule has 0 bridgehead atoms. The molecule has 5 heteroatoms. The molecule has 0 aromatic carbocycles. The Balaban J connectivity index is 2.57. The summed E-state index contributed by atoms with van der Waals surface area (Å²) in [4.78, 5) is 1.97. The molecule has 14 heavy (non-hydrogen) atoms. The van der Waals surface area contributed by atoms with Crippen LogP contribution >= 0.6 is 0 Å². The van der Waals surface area contributed by atoms with Crippen LogP contribution in [0.15, 0.2) is 12.7 Å². The van der Waals surface area contributed by atoms with Gasteiger partial charge >= 0.3 is 0 Å². The Morgan fingerprint density at radius 3 is 2.71 bits per heavy atom. The lowest BCUT2D eigenvalue weighted by molar-refractivity contribution is 0.174. The average molecular weight is 219 g/mol. The summed E-state index contributed by atoms with van der Waals surface area (Å²) < 4.78 is 22.5. The van der Waals surface area contributed by atoms with Crippen LogP contribution in [0.1, 0.15) is 6.42 Å². The highest BCUT2D eigenvalue weighted by Crippen LogP contribution is 2.17. The third-order valence-electron chi connectivity index (χ3n) is 2.48. The molecule has 1 rings (SSSR count). The second kappa shape index (κ2) is 4.91. The van der Waals surface area contributed by atoms with Gasteiger partial charge in [-0.25, -0.2) is 8.42 Å². The van der Waals surface area contributed by atoms with E-state index in [1.165, 1.54) is 0 Å². The summed E-state index contributed by atoms with van der Waals surface area (Å²) in [5, 5.41) is 8.83. The van der Waals surface area contributed by atoms with E-state index in [-0.39, 0.29) is 24.2 Å². The van der Waals surface area contributed by atoms with Gasteiger partial charge in [-0.15, -0.1) is 6.58 Å². The van der Waals surface area contributed by atoms with Crippen molar-refractivity contribution in [3.63, 3.8) is 0 Å². The van der Waals surface area contributed by atoms with Gasteiger partial charge in [0, 0.05) is 19.1 Å². The minimum Gasteiger partial charge on any atom is -0.395 e. The highest BCUT2D eigenvalue weighted by Gasteiger charge is 2.31. The number of aliphatic hydroxyl groups excluding tert-OH is 1. The third kappa shape index (κ3) is 3.08. The van der Waals surface area contributed by atoms with Gasteiger partial charge in [0.2, 0.25) is 0 Å². The molecule has 1 aliphatic rings. The van der Waals surface area contributed by atoms with Crippen LogP contribution in [0, 0.1) is 0 Å². The van der Waals surface area contributed by atoms with Gasteiger partial charge in [0.05, 0.1) is 18.1 Å². The SMILES string of the molecule is C=CCN(CCO)C1CCS(=O)(=O)C1. The lowest BCUT2D eigenvalue weighted by atomic mass is 10.2. The molecule has 82 valence electrons. The van der Waals surface area contributed by atoms with Gasteiger partial charge in [0.1, 0.15) is 0 Å². The summed E-state index contributed by atoms with van der Waals surface area (Å²) in [6, 6.07) is 0.0603. The summed E-state index contributed by atoms with van der Waals surface area (Å²) in [7, 11) is -2.83. The van der Waals surface area contributed by atoms with Crippen molar-refractivity contribution in [2.45, 2.75) is 12.5 Å². The van der Waals surface area contributed by atoms with Gasteiger partial charge in [-0.3, -0.25) is 4.90 Å². The van der Waals surface area contributed by atoms with Crippen LogP contribution in [-0.4, -0.2) is 55.7 Å². The average Bonchev–Trinajstić information content (AvgIpc) is 2.46. The lowest BCUT2D eigenvalue weighted by Crippen LogP contribution is -2.38. The first kappa shape index (κ1) is 11.7. The van der Waals surface area contributed by atoms with E-state index in [9.17, 15) is 8.42 Å². The minimum absolute atomic E-state index is 0.0599. The van der Waals surface area contributed by atoms with E-state index >= 15 is 0 Å². The monoisotopic (exact) mass is 219 g/mol. The van der Waals surface area contributed by atoms with Crippen molar-refractivity contribution < 1.29 is 13.5 Å². The molecule has 0 spiro atoms. The van der Waals surface area contributed by atoms with Gasteiger partial charge < -0.3 is 5.11 Å². The predicted molar refractivity (Wildman–Crippen MR) is 55.9 cm³/mol. The van der Waals surface area contributed by atoms with Crippen molar-refractivity contribution in [1.82, 2.24) is 4.90 Å². The van der Waals surface area contributed by atoms with Crippen molar-refractivity contribution in [2.24, 2.45) is 0 Å². The van der Waals surface area contributed by atoms with Crippen LogP contribution in [0.4, 0.5) is 0 Å². The molecular weight excluding hydrogens is 202 g/mol. The molecule has 1 heterocycles. The second-order valence-electron chi connectivity index (χ2n) is 3.56. The van der Waals surface area contributed by atoms with E-state index in [2.05, 4.69) is 6.58 Å². The molecule has 1 N–H and O–H groups in total. The summed E-state index contributed by atoms with van der Waals surface area (Å²) in [6.07, 6.45) is 2.41. The molecule has 1 aliphatic heterocycles. The first-order valence-electron chi connectivity index (χ1n) is 4.75. The molecule has 4 nitrogen and oxygen atoms in total. The van der Waals surface area contributed by atoms with E-state index in [0.29, 0.717) is 19.5 Å². The van der Waals surface area contributed by atoms with E-state index in [4.69, 9.17) is 5.11 Å². The fourth-order valence-corrected chi connectivity index (χ4v) is 3.54. The van der Waals surface area contributed by atoms with E-state index in [1.54, 1.807) is 6.08 Å². The van der Waals surface area contributed by atoms with Gasteiger partial charge in [-0.05, 0) is 6.42 Å². The molecule has 0 aliphatic carbocycles. The lowest BCUT2D eigenvalue weighted by Gasteiger charge is -2.25. The van der Waals surface area contributed by atoms with Crippen molar-refractivity contribution >= 4 is 9.84 Å². The molecule has 1 unspecified atom stereocenters. The van der Waals surface area contributed by atoms with Crippen LogP contribution in [0.25, 0.3) is 0 Å². The van der Waals surface area contributed by atoms with Gasteiger partial charge in [0.15, 0.2) is 9.84 Å². The van der Waals surface area contributed by atoms with Crippen molar-refractivity contribution in [3.8, 4) is 0 Å². The molecule has 1 atom stereocenters. The normalized spacial score (nSPS) is 25.4. The van der Waals surface area contributed by atoms with Crippen LogP contribution < -0.4 is 0 Å². The smallest absolute Gasteiger partial charge is 0.151 e. The Hall–Kier alpha value is -0.390. The number of sulfone groups is 1. The highest BCUT2D eigenvalue weighted by atomic mass is 32.2. The van der Waals surface area contributed by atoms with Gasteiger partial charge in [-0.2, -0.15) is 0 Å². The first-order chi connectivity index (χ1) is 6.59. The van der Waals surface area contributed by atoms with Crippen LogP contribution in [-0.2, 0) is 9.84 Å². The third-order valence-corrected chi connectivity index (χ3v) is 4.23. The van der Waals surface area contributed by atoms with Gasteiger partial charge in [0.25, 0.3) is 0 Å². The van der Waals surface area contributed by atoms with Crippen LogP contribution in [0.2, 0.25) is 0 Å². The standard InChI is InChI=1S/C9H17NO3S/c1-2-4-10(5-6-11)9-3-7-14(12,13)8-9/h2,9,11H,1,3-8H2. The fraction of sp³-hybridized carbons (Fsp3) is 0.778. The summed E-state index contributed by atoms with van der Waals surface area (Å²) >= 11 is 0. The van der Waals surface area contributed by atoms with E-state index in [1.807, 2.05) is 4.90 Å². The summed E-state index contributed by atoms with van der Waals surface area (Å²) in [5.74, 6) is 0.498. The van der Waals surface area contributed by atoms with Crippen molar-refractivity contribution in [3.05, 3.63) is 12.7 Å². The summed E-state index contributed by atoms with van der Waals surface area (Å²) in [5.41, 5.74) is 0. The Bertz CT molecular complexity index is 286. The number of nitrogens with zero attached hydrogens (tertiary/aromatic N) is 1. The Morgan fingerprint density at radius 2 is 2.29 bits per heavy atom. The highest BCUT2D eigenvalue weighted by molar-refractivity contribution is 7.91. The van der Waals surface area contributed by atoms with Gasteiger partial charge in [-0.1, -0.05) is 6.08 Å². The molecule has 0 saturated carbocycles. The van der Waals surface area contributed by atoms with E-state index < -0.39 is 9.84 Å². The minimum atomic E-state index is -2.83. The Kier molecular flexibility index (Phi) is 4.10. The molecule has 1 saturated heterocycles. The first-order valence-corrected chi connectivity index (χ1v) is 6.57. The zero-order chi connectivity index (χ0) is 10.6. The number of hydrogen-bond acceptors (Lipinski definition) is 4. The van der Waals surface area contributed by atoms with Crippen molar-refractivity contribution in [1.29, 1.82) is 0 Å². The van der Waals surface area contributed by atoms with Crippen LogP contribution in [0.3, 0.4) is 0 Å². The maximum atomic E-state index is 11.2. The number of aliphatic hydroxyl groups is 1. The maximum Gasteiger partial charge on any atom is 0.151 e. The topological polar surface area (TPSA) is 57.6 Å². The largest absolute Gasteiger partial charge is 0.395 e. The molecule has 0 aromatic rings. The number of hydrogen-bond donors (Lipinski definition) is 1. The second-order valence-corrected chi connectivity index (χ2v) is 5.79. The zero-order valence-electron chi connectivity index (χ0n) is 8.22. The molecule has 0 amide bonds. The fourth-order valence-electron chi connectivity index (χ4n) is 1.78. The molecular formula is C9H17NO3S. The Labute approximate surface area is 85.1 Å².